The Morgan fingerprint density at radius 3 is 2.77 bits per heavy atom. The number of carbonyl (C=O) groups is 1. The Kier molecular flexibility index (Phi) is 4.45. The van der Waals surface area contributed by atoms with Gasteiger partial charge in [-0.15, -0.1) is 0 Å². The monoisotopic (exact) mass is 318 g/mol. The van der Waals surface area contributed by atoms with Gasteiger partial charge in [-0.1, -0.05) is 23.7 Å². The molecule has 1 aromatic carbocycles. The van der Waals surface area contributed by atoms with Gasteiger partial charge in [-0.2, -0.15) is 5.10 Å². The van der Waals surface area contributed by atoms with Crippen molar-refractivity contribution >= 4 is 17.5 Å². The van der Waals surface area contributed by atoms with Crippen LogP contribution >= 0.6 is 11.6 Å². The molecule has 1 aliphatic rings. The van der Waals surface area contributed by atoms with Crippen molar-refractivity contribution in [3.8, 4) is 11.3 Å². The topological polar surface area (TPSA) is 59.0 Å². The number of amides is 1. The van der Waals surface area contributed by atoms with Crippen molar-refractivity contribution in [3.63, 3.8) is 0 Å². The molecule has 0 unspecified atom stereocenters. The molecule has 1 aliphatic heterocycles. The first-order valence-corrected chi connectivity index (χ1v) is 7.82. The van der Waals surface area contributed by atoms with Gasteiger partial charge in [-0.3, -0.25) is 9.48 Å². The largest absolute Gasteiger partial charge is 0.358 e. The number of fused-ring (bicyclic) bond motifs is 1. The molecule has 116 valence electrons. The van der Waals surface area contributed by atoms with Gasteiger partial charge in [0.15, 0.2) is 0 Å². The van der Waals surface area contributed by atoms with Crippen molar-refractivity contribution in [2.45, 2.75) is 19.4 Å². The third-order valence-electron chi connectivity index (χ3n) is 3.95. The quantitative estimate of drug-likeness (QED) is 0.904. The Bertz CT molecular complexity index is 678. The Labute approximate surface area is 134 Å². The molecule has 0 radical (unpaired) electrons. The Balaban J connectivity index is 2.05. The van der Waals surface area contributed by atoms with Gasteiger partial charge in [0.1, 0.15) is 6.54 Å². The highest BCUT2D eigenvalue weighted by Crippen LogP contribution is 2.28. The van der Waals surface area contributed by atoms with Crippen LogP contribution in [0.2, 0.25) is 5.02 Å². The van der Waals surface area contributed by atoms with Crippen LogP contribution in [0.1, 0.15) is 11.3 Å². The van der Waals surface area contributed by atoms with Crippen molar-refractivity contribution in [1.82, 2.24) is 20.4 Å². The van der Waals surface area contributed by atoms with Crippen molar-refractivity contribution < 1.29 is 4.79 Å². The number of carbonyl (C=O) groups excluding carboxylic acids is 1. The lowest BCUT2D eigenvalue weighted by Gasteiger charge is -2.06. The van der Waals surface area contributed by atoms with E-state index < -0.39 is 0 Å². The second-order valence-corrected chi connectivity index (χ2v) is 5.80. The summed E-state index contributed by atoms with van der Waals surface area (Å²) in [6.45, 7) is 2.10. The van der Waals surface area contributed by atoms with Crippen molar-refractivity contribution in [2.24, 2.45) is 0 Å². The van der Waals surface area contributed by atoms with Crippen molar-refractivity contribution in [3.05, 3.63) is 40.5 Å². The standard InChI is InChI=1S/C16H19ClN4O/c1-18-15(22)10-21-14-7-9-19-8-6-13(14)16(20-21)11-2-4-12(17)5-3-11/h2-5,19H,6-10H2,1H3,(H,18,22). The van der Waals surface area contributed by atoms with E-state index in [1.807, 2.05) is 28.9 Å². The number of nitrogens with one attached hydrogen (secondary N) is 2. The third kappa shape index (κ3) is 3.00. The average Bonchev–Trinajstić information content (AvgIpc) is 2.72. The van der Waals surface area contributed by atoms with Crippen LogP contribution in [0.15, 0.2) is 24.3 Å². The lowest BCUT2D eigenvalue weighted by atomic mass is 10.0. The van der Waals surface area contributed by atoms with Gasteiger partial charge in [0.05, 0.1) is 5.69 Å². The summed E-state index contributed by atoms with van der Waals surface area (Å²) in [7, 11) is 1.65. The van der Waals surface area contributed by atoms with E-state index in [-0.39, 0.29) is 12.5 Å². The molecule has 3 rings (SSSR count). The van der Waals surface area contributed by atoms with Crippen LogP contribution in [0.4, 0.5) is 0 Å². The highest BCUT2D eigenvalue weighted by Gasteiger charge is 2.21. The number of hydrogen-bond donors (Lipinski definition) is 2. The number of benzene rings is 1. The summed E-state index contributed by atoms with van der Waals surface area (Å²) in [6.07, 6.45) is 1.80. The van der Waals surface area contributed by atoms with Crippen LogP contribution < -0.4 is 10.6 Å². The van der Waals surface area contributed by atoms with E-state index in [0.29, 0.717) is 5.02 Å². The molecule has 2 N–H and O–H groups in total. The molecule has 0 atom stereocenters. The van der Waals surface area contributed by atoms with Crippen LogP contribution in [-0.4, -0.2) is 35.8 Å². The van der Waals surface area contributed by atoms with Crippen LogP contribution in [0.3, 0.4) is 0 Å². The number of nitrogens with zero attached hydrogens (tertiary/aromatic N) is 2. The number of likely N-dealkylation sites (N-methyl/N-ethyl adjacent to an activating group) is 1. The van der Waals surface area contributed by atoms with Crippen LogP contribution in [0, 0.1) is 0 Å². The number of aromatic nitrogens is 2. The minimum atomic E-state index is -0.0369. The van der Waals surface area contributed by atoms with E-state index >= 15 is 0 Å². The lowest BCUT2D eigenvalue weighted by molar-refractivity contribution is -0.121. The average molecular weight is 319 g/mol. The summed E-state index contributed by atoms with van der Waals surface area (Å²) in [5, 5.41) is 11.5. The van der Waals surface area contributed by atoms with Gasteiger partial charge >= 0.3 is 0 Å². The fourth-order valence-corrected chi connectivity index (χ4v) is 2.93. The van der Waals surface area contributed by atoms with E-state index in [4.69, 9.17) is 16.7 Å². The lowest BCUT2D eigenvalue weighted by Crippen LogP contribution is -2.25. The molecule has 2 aromatic rings. The summed E-state index contributed by atoms with van der Waals surface area (Å²) in [5.41, 5.74) is 4.38. The first-order chi connectivity index (χ1) is 10.7. The van der Waals surface area contributed by atoms with Gasteiger partial charge in [-0.25, -0.2) is 0 Å². The predicted octanol–water partition coefficient (Wildman–Crippen LogP) is 1.64. The maximum Gasteiger partial charge on any atom is 0.241 e. The summed E-state index contributed by atoms with van der Waals surface area (Å²) in [5.74, 6) is -0.0369. The minimum absolute atomic E-state index is 0.0369. The Morgan fingerprint density at radius 1 is 1.32 bits per heavy atom. The van der Waals surface area contributed by atoms with Gasteiger partial charge in [0.2, 0.25) is 5.91 Å². The molecule has 1 amide bonds. The molecule has 6 heteroatoms. The fourth-order valence-electron chi connectivity index (χ4n) is 2.81. The molecule has 0 fully saturated rings. The zero-order valence-electron chi connectivity index (χ0n) is 12.5. The smallest absolute Gasteiger partial charge is 0.241 e. The molecule has 0 saturated carbocycles. The zero-order valence-corrected chi connectivity index (χ0v) is 13.3. The van der Waals surface area contributed by atoms with E-state index in [0.717, 1.165) is 42.9 Å². The molecule has 0 spiro atoms. The fraction of sp³-hybridized carbons (Fsp3) is 0.375. The highest BCUT2D eigenvalue weighted by atomic mass is 35.5. The van der Waals surface area contributed by atoms with Crippen LogP contribution in [0.25, 0.3) is 11.3 Å². The number of rotatable bonds is 3. The van der Waals surface area contributed by atoms with E-state index in [9.17, 15) is 4.79 Å². The number of hydrogen-bond acceptors (Lipinski definition) is 3. The first kappa shape index (κ1) is 15.1. The molecular weight excluding hydrogens is 300 g/mol. The van der Waals surface area contributed by atoms with E-state index in [1.165, 1.54) is 5.56 Å². The second kappa shape index (κ2) is 6.50. The second-order valence-electron chi connectivity index (χ2n) is 5.36. The van der Waals surface area contributed by atoms with Crippen LogP contribution in [0.5, 0.6) is 0 Å². The molecule has 0 aliphatic carbocycles. The van der Waals surface area contributed by atoms with Gasteiger partial charge in [-0.05, 0) is 25.1 Å². The summed E-state index contributed by atoms with van der Waals surface area (Å²) in [6, 6.07) is 7.70. The van der Waals surface area contributed by atoms with Crippen LogP contribution in [-0.2, 0) is 24.2 Å². The summed E-state index contributed by atoms with van der Waals surface area (Å²) >= 11 is 5.97. The molecule has 0 saturated heterocycles. The SMILES string of the molecule is CNC(=O)Cn1nc(-c2ccc(Cl)cc2)c2c1CCNCC2. The molecule has 1 aromatic heterocycles. The van der Waals surface area contributed by atoms with E-state index in [2.05, 4.69) is 10.6 Å². The Morgan fingerprint density at radius 2 is 2.05 bits per heavy atom. The normalized spacial score (nSPS) is 14.3. The number of halogens is 1. The Hall–Kier alpha value is -1.85. The molecule has 5 nitrogen and oxygen atoms in total. The summed E-state index contributed by atoms with van der Waals surface area (Å²) < 4.78 is 1.84. The van der Waals surface area contributed by atoms with Gasteiger partial charge in [0, 0.05) is 41.9 Å². The highest BCUT2D eigenvalue weighted by molar-refractivity contribution is 6.30. The molecule has 2 heterocycles. The minimum Gasteiger partial charge on any atom is -0.358 e. The first-order valence-electron chi connectivity index (χ1n) is 7.45. The summed E-state index contributed by atoms with van der Waals surface area (Å²) in [4.78, 5) is 11.7. The molecule has 22 heavy (non-hydrogen) atoms. The zero-order chi connectivity index (χ0) is 15.5. The maximum absolute atomic E-state index is 11.7. The van der Waals surface area contributed by atoms with Gasteiger partial charge in [0.25, 0.3) is 0 Å². The van der Waals surface area contributed by atoms with Crippen molar-refractivity contribution in [1.29, 1.82) is 0 Å². The van der Waals surface area contributed by atoms with Crippen molar-refractivity contribution in [2.75, 3.05) is 20.1 Å². The van der Waals surface area contributed by atoms with E-state index in [1.54, 1.807) is 7.05 Å². The predicted molar refractivity (Wildman–Crippen MR) is 87.0 cm³/mol. The van der Waals surface area contributed by atoms with Gasteiger partial charge < -0.3 is 10.6 Å². The molecule has 0 bridgehead atoms. The molecular formula is C16H19ClN4O. The third-order valence-corrected chi connectivity index (χ3v) is 4.20. The maximum atomic E-state index is 11.7.